The number of hydrogen-bond acceptors (Lipinski definition) is 4. The van der Waals surface area contributed by atoms with Crippen LogP contribution in [0.5, 0.6) is 0 Å². The second-order valence-corrected chi connectivity index (χ2v) is 7.35. The lowest BCUT2D eigenvalue weighted by atomic mass is 9.96. The third-order valence-corrected chi connectivity index (χ3v) is 6.08. The van der Waals surface area contributed by atoms with Crippen molar-refractivity contribution < 1.29 is 0 Å². The van der Waals surface area contributed by atoms with Gasteiger partial charge in [0.1, 0.15) is 6.33 Å². The van der Waals surface area contributed by atoms with Crippen LogP contribution in [0.25, 0.3) is 0 Å². The predicted molar refractivity (Wildman–Crippen MR) is 86.9 cm³/mol. The zero-order valence-corrected chi connectivity index (χ0v) is 13.9. The molecule has 3 heterocycles. The molecule has 1 aliphatic carbocycles. The molecular weight excluding hydrogens is 300 g/mol. The summed E-state index contributed by atoms with van der Waals surface area (Å²) in [5.41, 5.74) is 1.56. The van der Waals surface area contributed by atoms with Gasteiger partial charge in [-0.05, 0) is 61.3 Å². The lowest BCUT2D eigenvalue weighted by Crippen LogP contribution is -2.37. The Morgan fingerprint density at radius 3 is 3.00 bits per heavy atom. The van der Waals surface area contributed by atoms with Gasteiger partial charge >= 0.3 is 0 Å². The number of thiophene rings is 1. The predicted octanol–water partition coefficient (Wildman–Crippen LogP) is 3.46. The van der Waals surface area contributed by atoms with E-state index in [1.165, 1.54) is 12.8 Å². The van der Waals surface area contributed by atoms with E-state index in [0.717, 1.165) is 36.9 Å². The number of fused-ring (bicyclic) bond motifs is 1. The van der Waals surface area contributed by atoms with Crippen LogP contribution in [0.2, 0.25) is 0 Å². The highest BCUT2D eigenvalue weighted by Crippen LogP contribution is 2.48. The van der Waals surface area contributed by atoms with Gasteiger partial charge in [-0.3, -0.25) is 4.90 Å². The minimum atomic E-state index is 0.577. The van der Waals surface area contributed by atoms with E-state index in [-0.39, 0.29) is 0 Å². The fraction of sp³-hybridized carbons (Fsp3) is 0.600. The van der Waals surface area contributed by atoms with E-state index < -0.39 is 0 Å². The maximum absolute atomic E-state index is 5.51. The van der Waals surface area contributed by atoms with Crippen LogP contribution in [0, 0.1) is 10.7 Å². The number of nitrogens with zero attached hydrogens (tertiary/aromatic N) is 4. The summed E-state index contributed by atoms with van der Waals surface area (Å²) in [4.78, 5) is 4.17. The van der Waals surface area contributed by atoms with Gasteiger partial charge in [-0.15, -0.1) is 11.3 Å². The van der Waals surface area contributed by atoms with E-state index in [2.05, 4.69) is 28.4 Å². The molecule has 1 atom stereocenters. The van der Waals surface area contributed by atoms with E-state index in [1.54, 1.807) is 10.4 Å². The first-order chi connectivity index (χ1) is 10.3. The number of aryl methyl sites for hydroxylation is 1. The van der Waals surface area contributed by atoms with Gasteiger partial charge < -0.3 is 4.57 Å². The summed E-state index contributed by atoms with van der Waals surface area (Å²) < 4.78 is 4.84. The molecule has 21 heavy (non-hydrogen) atoms. The summed E-state index contributed by atoms with van der Waals surface area (Å²) >= 11 is 7.43. The van der Waals surface area contributed by atoms with Crippen molar-refractivity contribution in [2.45, 2.75) is 45.4 Å². The number of rotatable bonds is 4. The molecule has 0 aromatic carbocycles. The molecule has 0 radical (unpaired) electrons. The van der Waals surface area contributed by atoms with Crippen LogP contribution in [-0.2, 0) is 19.6 Å². The molecule has 4 rings (SSSR count). The Labute approximate surface area is 134 Å². The van der Waals surface area contributed by atoms with E-state index in [9.17, 15) is 0 Å². The molecule has 1 saturated carbocycles. The first-order valence-electron chi connectivity index (χ1n) is 7.70. The Balaban J connectivity index is 1.62. The summed E-state index contributed by atoms with van der Waals surface area (Å²) in [6.45, 7) is 4.94. The quantitative estimate of drug-likeness (QED) is 0.807. The van der Waals surface area contributed by atoms with Gasteiger partial charge in [-0.25, -0.2) is 4.68 Å². The van der Waals surface area contributed by atoms with E-state index >= 15 is 0 Å². The van der Waals surface area contributed by atoms with Crippen molar-refractivity contribution in [1.82, 2.24) is 19.2 Å². The minimum Gasteiger partial charge on any atom is -0.307 e. The first-order valence-corrected chi connectivity index (χ1v) is 8.99. The van der Waals surface area contributed by atoms with Gasteiger partial charge in [-0.2, -0.15) is 5.10 Å². The van der Waals surface area contributed by atoms with Crippen molar-refractivity contribution in [2.75, 3.05) is 6.54 Å². The molecule has 4 nitrogen and oxygen atoms in total. The van der Waals surface area contributed by atoms with Crippen LogP contribution in [0.1, 0.15) is 36.2 Å². The molecule has 0 saturated heterocycles. The van der Waals surface area contributed by atoms with Gasteiger partial charge in [0.25, 0.3) is 0 Å². The summed E-state index contributed by atoms with van der Waals surface area (Å²) in [6, 6.07) is 2.91. The van der Waals surface area contributed by atoms with Gasteiger partial charge in [0.15, 0.2) is 4.77 Å². The Hall–Kier alpha value is -0.980. The first kappa shape index (κ1) is 13.7. The molecule has 0 unspecified atom stereocenters. The fourth-order valence-electron chi connectivity index (χ4n) is 3.38. The van der Waals surface area contributed by atoms with Crippen molar-refractivity contribution in [1.29, 1.82) is 0 Å². The Bertz CT molecular complexity index is 695. The molecule has 112 valence electrons. The van der Waals surface area contributed by atoms with E-state index in [4.69, 9.17) is 12.2 Å². The molecule has 1 fully saturated rings. The van der Waals surface area contributed by atoms with Gasteiger partial charge in [0.05, 0.1) is 6.67 Å². The molecule has 2 aliphatic rings. The number of hydrogen-bond donors (Lipinski definition) is 0. The van der Waals surface area contributed by atoms with Gasteiger partial charge in [0, 0.05) is 24.0 Å². The summed E-state index contributed by atoms with van der Waals surface area (Å²) in [5, 5.41) is 6.73. The fourth-order valence-corrected chi connectivity index (χ4v) is 4.57. The summed E-state index contributed by atoms with van der Waals surface area (Å²) in [5.74, 6) is 0.834. The average molecular weight is 320 g/mol. The maximum Gasteiger partial charge on any atom is 0.198 e. The molecule has 2 aromatic heterocycles. The lowest BCUT2D eigenvalue weighted by Gasteiger charge is -2.35. The van der Waals surface area contributed by atoms with Crippen molar-refractivity contribution >= 4 is 23.6 Å². The molecule has 2 aromatic rings. The third-order valence-electron chi connectivity index (χ3n) is 4.64. The summed E-state index contributed by atoms with van der Waals surface area (Å²) in [7, 11) is 0. The largest absolute Gasteiger partial charge is 0.307 e. The highest BCUT2D eigenvalue weighted by molar-refractivity contribution is 7.71. The Morgan fingerprint density at radius 2 is 2.29 bits per heavy atom. The van der Waals surface area contributed by atoms with Crippen LogP contribution in [0.3, 0.4) is 0 Å². The van der Waals surface area contributed by atoms with Crippen LogP contribution in [0.4, 0.5) is 0 Å². The van der Waals surface area contributed by atoms with Crippen LogP contribution >= 0.6 is 23.6 Å². The van der Waals surface area contributed by atoms with Crippen LogP contribution in [-0.4, -0.2) is 25.8 Å². The second kappa shape index (κ2) is 5.34. The van der Waals surface area contributed by atoms with Crippen molar-refractivity contribution in [3.8, 4) is 0 Å². The van der Waals surface area contributed by atoms with Crippen molar-refractivity contribution in [2.24, 2.45) is 5.92 Å². The standard InChI is InChI=1S/C15H20N4S2/c1-2-17-9-16-19(15(17)20)10-18-7-5-13-12(6-8-21-13)14(18)11-3-4-11/h6,8-9,11,14H,2-5,7,10H2,1H3/t14-/m0/s1. The van der Waals surface area contributed by atoms with Crippen molar-refractivity contribution in [3.63, 3.8) is 0 Å². The SMILES string of the molecule is CCn1cnn(CN2CCc3sccc3[C@@H]2C2CC2)c1=S. The molecule has 0 spiro atoms. The van der Waals surface area contributed by atoms with Gasteiger partial charge in [-0.1, -0.05) is 0 Å². The molecule has 0 bridgehead atoms. The Morgan fingerprint density at radius 1 is 1.43 bits per heavy atom. The second-order valence-electron chi connectivity index (χ2n) is 5.98. The third kappa shape index (κ3) is 2.39. The molecule has 0 N–H and O–H groups in total. The highest BCUT2D eigenvalue weighted by atomic mass is 32.1. The smallest absolute Gasteiger partial charge is 0.198 e. The molecule has 0 amide bonds. The number of aromatic nitrogens is 3. The zero-order valence-electron chi connectivity index (χ0n) is 12.2. The van der Waals surface area contributed by atoms with Crippen LogP contribution < -0.4 is 0 Å². The van der Waals surface area contributed by atoms with Crippen molar-refractivity contribution in [3.05, 3.63) is 33.0 Å². The van der Waals surface area contributed by atoms with Crippen LogP contribution in [0.15, 0.2) is 17.8 Å². The average Bonchev–Trinajstić information content (AvgIpc) is 3.11. The minimum absolute atomic E-state index is 0.577. The Kier molecular flexibility index (Phi) is 3.47. The zero-order chi connectivity index (χ0) is 14.4. The lowest BCUT2D eigenvalue weighted by molar-refractivity contribution is 0.117. The highest BCUT2D eigenvalue weighted by Gasteiger charge is 2.40. The molecule has 1 aliphatic heterocycles. The van der Waals surface area contributed by atoms with E-state index in [1.807, 2.05) is 26.9 Å². The summed E-state index contributed by atoms with van der Waals surface area (Å²) in [6.07, 6.45) is 5.75. The normalized spacial score (nSPS) is 22.4. The maximum atomic E-state index is 5.51. The van der Waals surface area contributed by atoms with E-state index in [0.29, 0.717) is 6.04 Å². The monoisotopic (exact) mass is 320 g/mol. The molecular formula is C15H20N4S2. The topological polar surface area (TPSA) is 26.0 Å². The van der Waals surface area contributed by atoms with Gasteiger partial charge in [0.2, 0.25) is 0 Å². The molecule has 6 heteroatoms.